The van der Waals surface area contributed by atoms with E-state index in [0.29, 0.717) is 17.1 Å². The molecule has 0 spiro atoms. The van der Waals surface area contributed by atoms with Crippen LogP contribution in [0.3, 0.4) is 0 Å². The molecule has 8 heteroatoms. The zero-order valence-corrected chi connectivity index (χ0v) is 14.2. The topological polar surface area (TPSA) is 74.0 Å². The van der Waals surface area contributed by atoms with E-state index < -0.39 is 5.82 Å². The molecule has 3 rings (SSSR count). The van der Waals surface area contributed by atoms with Gasteiger partial charge in [-0.25, -0.2) is 4.39 Å². The van der Waals surface area contributed by atoms with Gasteiger partial charge in [-0.15, -0.1) is 0 Å². The quantitative estimate of drug-likeness (QED) is 0.772. The molecule has 0 saturated heterocycles. The molecule has 2 heterocycles. The van der Waals surface area contributed by atoms with Crippen LogP contribution in [0.5, 0.6) is 5.75 Å². The Labute approximate surface area is 144 Å². The number of ether oxygens (including phenoxy) is 1. The van der Waals surface area contributed by atoms with Crippen LogP contribution in [0.15, 0.2) is 36.5 Å². The van der Waals surface area contributed by atoms with Crippen molar-refractivity contribution >= 4 is 11.7 Å². The molecule has 2 aromatic heterocycles. The van der Waals surface area contributed by atoms with Crippen molar-refractivity contribution in [1.82, 2.24) is 19.6 Å². The monoisotopic (exact) mass is 343 g/mol. The van der Waals surface area contributed by atoms with E-state index in [2.05, 4.69) is 15.5 Å². The Morgan fingerprint density at radius 2 is 2.08 bits per heavy atom. The Kier molecular flexibility index (Phi) is 4.51. The highest BCUT2D eigenvalue weighted by atomic mass is 19.1. The standard InChI is InChI=1S/C17H18FN5O2/c1-11-8-16(22(2)20-11)19-17(24)10-23-7-6-14(21-23)12-4-5-15(25-3)13(18)9-12/h4-9H,10H2,1-3H3,(H,19,24). The van der Waals surface area contributed by atoms with E-state index in [4.69, 9.17) is 4.74 Å². The fourth-order valence-corrected chi connectivity index (χ4v) is 2.49. The lowest BCUT2D eigenvalue weighted by Crippen LogP contribution is -2.20. The number of carbonyl (C=O) groups excluding carboxylic acids is 1. The van der Waals surface area contributed by atoms with Crippen molar-refractivity contribution in [2.45, 2.75) is 13.5 Å². The van der Waals surface area contributed by atoms with Crippen molar-refractivity contribution < 1.29 is 13.9 Å². The van der Waals surface area contributed by atoms with Gasteiger partial charge in [0.25, 0.3) is 0 Å². The number of nitrogens with one attached hydrogen (secondary N) is 1. The molecule has 0 aliphatic heterocycles. The molecule has 0 saturated carbocycles. The zero-order valence-electron chi connectivity index (χ0n) is 14.2. The number of nitrogens with zero attached hydrogens (tertiary/aromatic N) is 4. The second kappa shape index (κ2) is 6.76. The lowest BCUT2D eigenvalue weighted by atomic mass is 10.1. The Bertz CT molecular complexity index is 916. The molecule has 0 radical (unpaired) electrons. The predicted octanol–water partition coefficient (Wildman–Crippen LogP) is 2.38. The minimum atomic E-state index is -0.459. The number of aryl methyl sites for hydroxylation is 2. The predicted molar refractivity (Wildman–Crippen MR) is 90.7 cm³/mol. The summed E-state index contributed by atoms with van der Waals surface area (Å²) in [5, 5.41) is 11.3. The summed E-state index contributed by atoms with van der Waals surface area (Å²) >= 11 is 0. The molecule has 0 fully saturated rings. The summed E-state index contributed by atoms with van der Waals surface area (Å²) in [5.41, 5.74) is 2.01. The third kappa shape index (κ3) is 3.68. The van der Waals surface area contributed by atoms with Crippen LogP contribution in [0.25, 0.3) is 11.3 Å². The Hall–Kier alpha value is -3.16. The van der Waals surface area contributed by atoms with Crippen molar-refractivity contribution in [3.8, 4) is 17.0 Å². The van der Waals surface area contributed by atoms with Gasteiger partial charge in [0.2, 0.25) is 5.91 Å². The third-order valence-corrected chi connectivity index (χ3v) is 3.66. The van der Waals surface area contributed by atoms with Crippen LogP contribution in [0.4, 0.5) is 10.2 Å². The second-order valence-electron chi connectivity index (χ2n) is 5.59. The number of amides is 1. The van der Waals surface area contributed by atoms with Gasteiger partial charge in [0.05, 0.1) is 18.5 Å². The molecule has 0 atom stereocenters. The average molecular weight is 343 g/mol. The molecule has 130 valence electrons. The van der Waals surface area contributed by atoms with Gasteiger partial charge >= 0.3 is 0 Å². The van der Waals surface area contributed by atoms with Gasteiger partial charge in [-0.3, -0.25) is 14.2 Å². The number of anilines is 1. The molecular formula is C17H18FN5O2. The molecule has 0 unspecified atom stereocenters. The van der Waals surface area contributed by atoms with E-state index in [9.17, 15) is 9.18 Å². The smallest absolute Gasteiger partial charge is 0.247 e. The summed E-state index contributed by atoms with van der Waals surface area (Å²) in [4.78, 5) is 12.1. The van der Waals surface area contributed by atoms with Crippen LogP contribution in [-0.4, -0.2) is 32.6 Å². The number of carbonyl (C=O) groups is 1. The highest BCUT2D eigenvalue weighted by molar-refractivity contribution is 5.89. The summed E-state index contributed by atoms with van der Waals surface area (Å²) in [5.74, 6) is 0.110. The minimum Gasteiger partial charge on any atom is -0.494 e. The number of benzene rings is 1. The first kappa shape index (κ1) is 16.7. The molecular weight excluding hydrogens is 325 g/mol. The lowest BCUT2D eigenvalue weighted by Gasteiger charge is -2.05. The first-order chi connectivity index (χ1) is 12.0. The first-order valence-corrected chi connectivity index (χ1v) is 7.64. The molecule has 1 aromatic carbocycles. The van der Waals surface area contributed by atoms with Gasteiger partial charge in [0.1, 0.15) is 12.4 Å². The van der Waals surface area contributed by atoms with E-state index in [0.717, 1.165) is 5.69 Å². The first-order valence-electron chi connectivity index (χ1n) is 7.64. The SMILES string of the molecule is COc1ccc(-c2ccn(CC(=O)Nc3cc(C)nn3C)n2)cc1F. The highest BCUT2D eigenvalue weighted by Gasteiger charge is 2.11. The van der Waals surface area contributed by atoms with E-state index in [-0.39, 0.29) is 18.2 Å². The molecule has 1 amide bonds. The minimum absolute atomic E-state index is 0.0445. The Morgan fingerprint density at radius 3 is 2.72 bits per heavy atom. The van der Waals surface area contributed by atoms with Crippen LogP contribution in [0.1, 0.15) is 5.69 Å². The van der Waals surface area contributed by atoms with E-state index in [1.165, 1.54) is 17.9 Å². The number of hydrogen-bond acceptors (Lipinski definition) is 4. The van der Waals surface area contributed by atoms with E-state index >= 15 is 0 Å². The van der Waals surface area contributed by atoms with Crippen molar-refractivity contribution in [3.63, 3.8) is 0 Å². The number of methoxy groups -OCH3 is 1. The molecule has 0 aliphatic rings. The number of rotatable bonds is 5. The maximum atomic E-state index is 13.8. The largest absolute Gasteiger partial charge is 0.494 e. The van der Waals surface area contributed by atoms with Crippen molar-refractivity contribution in [2.24, 2.45) is 7.05 Å². The molecule has 3 aromatic rings. The second-order valence-corrected chi connectivity index (χ2v) is 5.59. The highest BCUT2D eigenvalue weighted by Crippen LogP contribution is 2.24. The Morgan fingerprint density at radius 1 is 1.28 bits per heavy atom. The van der Waals surface area contributed by atoms with E-state index in [1.807, 2.05) is 6.92 Å². The summed E-state index contributed by atoms with van der Waals surface area (Å²) in [6, 6.07) is 8.12. The number of aromatic nitrogens is 4. The summed E-state index contributed by atoms with van der Waals surface area (Å²) in [7, 11) is 3.17. The van der Waals surface area contributed by atoms with Crippen LogP contribution < -0.4 is 10.1 Å². The number of halogens is 1. The van der Waals surface area contributed by atoms with Crippen LogP contribution >= 0.6 is 0 Å². The molecule has 0 aliphatic carbocycles. The number of hydrogen-bond donors (Lipinski definition) is 1. The summed E-state index contributed by atoms with van der Waals surface area (Å²) < 4.78 is 21.8. The maximum Gasteiger partial charge on any atom is 0.247 e. The van der Waals surface area contributed by atoms with Crippen molar-refractivity contribution in [3.05, 3.63) is 48.0 Å². The van der Waals surface area contributed by atoms with Crippen LogP contribution in [-0.2, 0) is 18.4 Å². The van der Waals surface area contributed by atoms with Gasteiger partial charge in [0, 0.05) is 24.9 Å². The van der Waals surface area contributed by atoms with Gasteiger partial charge in [-0.1, -0.05) is 0 Å². The fraction of sp³-hybridized carbons (Fsp3) is 0.235. The van der Waals surface area contributed by atoms with E-state index in [1.54, 1.807) is 42.2 Å². The van der Waals surface area contributed by atoms with Crippen LogP contribution in [0, 0.1) is 12.7 Å². The average Bonchev–Trinajstić information content (AvgIpc) is 3.14. The van der Waals surface area contributed by atoms with Crippen molar-refractivity contribution in [2.75, 3.05) is 12.4 Å². The molecule has 7 nitrogen and oxygen atoms in total. The fourth-order valence-electron chi connectivity index (χ4n) is 2.49. The van der Waals surface area contributed by atoms with Gasteiger partial charge in [0.15, 0.2) is 11.6 Å². The molecule has 0 bridgehead atoms. The summed E-state index contributed by atoms with van der Waals surface area (Å²) in [6.07, 6.45) is 1.67. The van der Waals surface area contributed by atoms with Gasteiger partial charge in [-0.2, -0.15) is 10.2 Å². The van der Waals surface area contributed by atoms with Gasteiger partial charge < -0.3 is 10.1 Å². The molecule has 1 N–H and O–H groups in total. The normalized spacial score (nSPS) is 10.7. The molecule has 25 heavy (non-hydrogen) atoms. The third-order valence-electron chi connectivity index (χ3n) is 3.66. The van der Waals surface area contributed by atoms with Gasteiger partial charge in [-0.05, 0) is 31.2 Å². The van der Waals surface area contributed by atoms with Crippen molar-refractivity contribution in [1.29, 1.82) is 0 Å². The lowest BCUT2D eigenvalue weighted by molar-refractivity contribution is -0.116. The maximum absolute atomic E-state index is 13.8. The summed E-state index contributed by atoms with van der Waals surface area (Å²) in [6.45, 7) is 1.90. The van der Waals surface area contributed by atoms with Crippen LogP contribution in [0.2, 0.25) is 0 Å². The zero-order chi connectivity index (χ0) is 18.0. The Balaban J connectivity index is 1.70.